The van der Waals surface area contributed by atoms with Gasteiger partial charge in [-0.15, -0.1) is 0 Å². The predicted molar refractivity (Wildman–Crippen MR) is 91.4 cm³/mol. The first-order valence-corrected chi connectivity index (χ1v) is 9.04. The van der Waals surface area contributed by atoms with Gasteiger partial charge in [-0.25, -0.2) is 4.79 Å². The van der Waals surface area contributed by atoms with E-state index in [0.717, 1.165) is 25.7 Å². The molecule has 2 unspecified atom stereocenters. The Labute approximate surface area is 147 Å². The number of rotatable bonds is 6. The Balaban J connectivity index is 1.82. The van der Waals surface area contributed by atoms with Gasteiger partial charge in [0, 0.05) is 24.6 Å². The molecule has 0 radical (unpaired) electrons. The normalized spacial score (nSPS) is 28.5. The second-order valence-corrected chi connectivity index (χ2v) is 7.63. The number of aliphatic carboxylic acids is 1. The van der Waals surface area contributed by atoms with Gasteiger partial charge >= 0.3 is 5.97 Å². The van der Waals surface area contributed by atoms with Crippen LogP contribution in [-0.4, -0.2) is 45.0 Å². The van der Waals surface area contributed by atoms with Crippen molar-refractivity contribution in [3.05, 3.63) is 18.0 Å². The molecule has 2 saturated carbocycles. The van der Waals surface area contributed by atoms with Crippen LogP contribution in [0.1, 0.15) is 69.4 Å². The van der Waals surface area contributed by atoms with E-state index < -0.39 is 16.9 Å². The van der Waals surface area contributed by atoms with Gasteiger partial charge in [0.2, 0.25) is 0 Å². The Morgan fingerprint density at radius 3 is 2.64 bits per heavy atom. The Hall–Kier alpha value is -1.89. The molecular weight excluding hydrogens is 322 g/mol. The van der Waals surface area contributed by atoms with Crippen molar-refractivity contribution in [2.75, 3.05) is 6.61 Å². The summed E-state index contributed by atoms with van der Waals surface area (Å²) in [7, 11) is 0. The van der Waals surface area contributed by atoms with Crippen molar-refractivity contribution >= 4 is 11.9 Å². The van der Waals surface area contributed by atoms with Gasteiger partial charge in [0.15, 0.2) is 0 Å². The van der Waals surface area contributed by atoms with E-state index in [1.165, 1.54) is 0 Å². The molecule has 25 heavy (non-hydrogen) atoms. The molecule has 1 heterocycles. The highest BCUT2D eigenvalue weighted by Crippen LogP contribution is 2.51. The molecule has 2 fully saturated rings. The number of amides is 1. The molecule has 0 spiro atoms. The second kappa shape index (κ2) is 6.44. The third-order valence-corrected chi connectivity index (χ3v) is 6.03. The van der Waals surface area contributed by atoms with Gasteiger partial charge < -0.3 is 15.2 Å². The molecular formula is C18H27N3O4. The molecule has 138 valence electrons. The molecule has 1 amide bonds. The van der Waals surface area contributed by atoms with Crippen molar-refractivity contribution in [2.45, 2.75) is 70.6 Å². The molecule has 1 aromatic heterocycles. The van der Waals surface area contributed by atoms with Crippen LogP contribution in [0, 0.1) is 5.41 Å². The summed E-state index contributed by atoms with van der Waals surface area (Å²) >= 11 is 0. The maximum atomic E-state index is 12.9. The minimum atomic E-state index is -1.32. The lowest BCUT2D eigenvalue weighted by atomic mass is 9.54. The summed E-state index contributed by atoms with van der Waals surface area (Å²) in [5.41, 5.74) is -1.58. The van der Waals surface area contributed by atoms with Gasteiger partial charge in [-0.05, 0) is 25.8 Å². The summed E-state index contributed by atoms with van der Waals surface area (Å²) in [4.78, 5) is 24.9. The number of carboxylic acid groups (broad SMARTS) is 1. The zero-order valence-corrected chi connectivity index (χ0v) is 15.1. The van der Waals surface area contributed by atoms with Gasteiger partial charge in [-0.3, -0.25) is 9.48 Å². The number of carbonyl (C=O) groups excluding carboxylic acids is 1. The van der Waals surface area contributed by atoms with Crippen LogP contribution < -0.4 is 5.32 Å². The van der Waals surface area contributed by atoms with Gasteiger partial charge in [0.25, 0.3) is 5.91 Å². The van der Waals surface area contributed by atoms with Gasteiger partial charge in [0.05, 0.1) is 12.1 Å². The van der Waals surface area contributed by atoms with E-state index in [-0.39, 0.29) is 24.5 Å². The molecule has 0 bridgehead atoms. The maximum Gasteiger partial charge on any atom is 0.330 e. The van der Waals surface area contributed by atoms with E-state index in [9.17, 15) is 14.7 Å². The number of hydrogen-bond donors (Lipinski definition) is 2. The van der Waals surface area contributed by atoms with Crippen molar-refractivity contribution < 1.29 is 19.4 Å². The maximum absolute atomic E-state index is 12.9. The fraction of sp³-hybridized carbons (Fsp3) is 0.722. The number of hydrogen-bond acceptors (Lipinski definition) is 4. The fourth-order valence-corrected chi connectivity index (χ4v) is 4.23. The Morgan fingerprint density at radius 2 is 2.08 bits per heavy atom. The Bertz CT molecular complexity index is 663. The summed E-state index contributed by atoms with van der Waals surface area (Å²) in [6.07, 6.45) is 5.96. The highest BCUT2D eigenvalue weighted by Gasteiger charge is 2.66. The lowest BCUT2D eigenvalue weighted by Gasteiger charge is -2.58. The molecule has 0 aliphatic heterocycles. The van der Waals surface area contributed by atoms with Crippen molar-refractivity contribution in [1.29, 1.82) is 0 Å². The molecule has 2 aliphatic rings. The molecule has 1 aromatic rings. The van der Waals surface area contributed by atoms with Crippen LogP contribution >= 0.6 is 0 Å². The number of carbonyl (C=O) groups is 2. The van der Waals surface area contributed by atoms with E-state index in [1.807, 2.05) is 20.8 Å². The number of ether oxygens (including phenoxy) is 1. The van der Waals surface area contributed by atoms with E-state index in [2.05, 4.69) is 10.4 Å². The summed E-state index contributed by atoms with van der Waals surface area (Å²) in [6, 6.07) is 1.89. The van der Waals surface area contributed by atoms with Crippen LogP contribution in [0.4, 0.5) is 0 Å². The van der Waals surface area contributed by atoms with Crippen LogP contribution in [0.5, 0.6) is 0 Å². The second-order valence-electron chi connectivity index (χ2n) is 7.63. The molecule has 7 nitrogen and oxygen atoms in total. The van der Waals surface area contributed by atoms with Crippen LogP contribution in [0.25, 0.3) is 0 Å². The number of aromatic nitrogens is 2. The van der Waals surface area contributed by atoms with Gasteiger partial charge in [0.1, 0.15) is 11.2 Å². The van der Waals surface area contributed by atoms with Crippen molar-refractivity contribution in [3.63, 3.8) is 0 Å². The first-order valence-electron chi connectivity index (χ1n) is 9.04. The first kappa shape index (κ1) is 17.9. The Morgan fingerprint density at radius 1 is 1.40 bits per heavy atom. The summed E-state index contributed by atoms with van der Waals surface area (Å²) in [5.74, 6) is -1.40. The molecule has 2 atom stereocenters. The zero-order valence-electron chi connectivity index (χ0n) is 15.1. The highest BCUT2D eigenvalue weighted by molar-refractivity contribution is 5.97. The zero-order chi connectivity index (χ0) is 18.2. The van der Waals surface area contributed by atoms with Crippen LogP contribution in [0.15, 0.2) is 12.3 Å². The average molecular weight is 349 g/mol. The fourth-order valence-electron chi connectivity index (χ4n) is 4.23. The summed E-state index contributed by atoms with van der Waals surface area (Å²) < 4.78 is 7.40. The van der Waals surface area contributed by atoms with Crippen molar-refractivity contribution in [2.24, 2.45) is 5.41 Å². The molecule has 2 N–H and O–H groups in total. The molecule has 3 rings (SSSR count). The standard InChI is InChI=1S/C18H27N3O4/c1-4-25-14-11-18(16(23)24,17(14,2)3)20-15(22)13-9-10-19-21(13)12-7-5-6-8-12/h9-10,12,14H,4-8,11H2,1-3H3,(H,20,22)(H,23,24). The summed E-state index contributed by atoms with van der Waals surface area (Å²) in [6.45, 7) is 6.07. The highest BCUT2D eigenvalue weighted by atomic mass is 16.5. The minimum Gasteiger partial charge on any atom is -0.479 e. The van der Waals surface area contributed by atoms with E-state index in [0.29, 0.717) is 12.3 Å². The van der Waals surface area contributed by atoms with Crippen molar-refractivity contribution in [1.82, 2.24) is 15.1 Å². The molecule has 7 heteroatoms. The molecule has 0 aromatic carbocycles. The van der Waals surface area contributed by atoms with Crippen LogP contribution in [0.3, 0.4) is 0 Å². The van der Waals surface area contributed by atoms with Crippen LogP contribution in [0.2, 0.25) is 0 Å². The minimum absolute atomic E-state index is 0.186. The van der Waals surface area contributed by atoms with Gasteiger partial charge in [-0.1, -0.05) is 26.7 Å². The lowest BCUT2D eigenvalue weighted by molar-refractivity contribution is -0.190. The number of carboxylic acids is 1. The number of nitrogens with one attached hydrogen (secondary N) is 1. The summed E-state index contributed by atoms with van der Waals surface area (Å²) in [5, 5.41) is 16.9. The third kappa shape index (κ3) is 2.74. The first-order chi connectivity index (χ1) is 11.8. The van der Waals surface area contributed by atoms with E-state index in [4.69, 9.17) is 4.74 Å². The van der Waals surface area contributed by atoms with Crippen LogP contribution in [-0.2, 0) is 9.53 Å². The molecule has 0 saturated heterocycles. The van der Waals surface area contributed by atoms with Crippen molar-refractivity contribution in [3.8, 4) is 0 Å². The Kier molecular flexibility index (Phi) is 4.62. The predicted octanol–water partition coefficient (Wildman–Crippen LogP) is 2.39. The monoisotopic (exact) mass is 349 g/mol. The lowest BCUT2D eigenvalue weighted by Crippen LogP contribution is -2.76. The average Bonchev–Trinajstić information content (AvgIpc) is 3.23. The quantitative estimate of drug-likeness (QED) is 0.822. The topological polar surface area (TPSA) is 93.5 Å². The third-order valence-electron chi connectivity index (χ3n) is 6.03. The smallest absolute Gasteiger partial charge is 0.330 e. The van der Waals surface area contributed by atoms with E-state index >= 15 is 0 Å². The SMILES string of the molecule is CCOC1CC(NC(=O)c2ccnn2C2CCCC2)(C(=O)O)C1(C)C. The van der Waals surface area contributed by atoms with E-state index in [1.54, 1.807) is 16.9 Å². The molecule has 2 aliphatic carbocycles. The van der Waals surface area contributed by atoms with Gasteiger partial charge in [-0.2, -0.15) is 5.10 Å². The largest absolute Gasteiger partial charge is 0.479 e. The number of nitrogens with zero attached hydrogens (tertiary/aromatic N) is 2.